The number of aryl methyl sites for hydroxylation is 1. The Hall–Kier alpha value is -3.27. The Kier molecular flexibility index (Phi) is 12.6. The van der Waals surface area contributed by atoms with Gasteiger partial charge < -0.3 is 10.2 Å². The summed E-state index contributed by atoms with van der Waals surface area (Å²) in [4.78, 5) is 29.9. The van der Waals surface area contributed by atoms with Crippen LogP contribution in [0.5, 0.6) is 0 Å². The molecule has 2 amide bonds. The van der Waals surface area contributed by atoms with E-state index < -0.39 is 28.5 Å². The Bertz CT molecular complexity index is 1800. The van der Waals surface area contributed by atoms with E-state index in [1.54, 1.807) is 30.3 Å². The number of halogens is 4. The van der Waals surface area contributed by atoms with Crippen LogP contribution in [0.15, 0.2) is 95.9 Å². The van der Waals surface area contributed by atoms with Crippen LogP contribution in [0.3, 0.4) is 0 Å². The second kappa shape index (κ2) is 16.2. The normalized spacial score (nSPS) is 12.7. The summed E-state index contributed by atoms with van der Waals surface area (Å²) in [5.41, 5.74) is 2.28. The van der Waals surface area contributed by atoms with E-state index in [0.717, 1.165) is 15.4 Å². The van der Waals surface area contributed by atoms with Gasteiger partial charge in [0.25, 0.3) is 10.0 Å². The minimum absolute atomic E-state index is 0.0327. The summed E-state index contributed by atoms with van der Waals surface area (Å²) in [6, 6.07) is 23.5. The topological polar surface area (TPSA) is 86.8 Å². The minimum atomic E-state index is -4.32. The zero-order chi connectivity index (χ0) is 34.3. The molecular formula is C35H35Cl4N3O4S. The molecule has 12 heteroatoms. The van der Waals surface area contributed by atoms with Crippen LogP contribution in [0, 0.1) is 6.92 Å². The first kappa shape index (κ1) is 36.6. The molecule has 7 nitrogen and oxygen atoms in total. The molecule has 0 aliphatic carbocycles. The van der Waals surface area contributed by atoms with Crippen molar-refractivity contribution in [1.29, 1.82) is 0 Å². The third-order valence-corrected chi connectivity index (χ3v) is 10.5. The van der Waals surface area contributed by atoms with Crippen molar-refractivity contribution in [3.63, 3.8) is 0 Å². The number of hydrogen-bond donors (Lipinski definition) is 1. The largest absolute Gasteiger partial charge is 0.352 e. The van der Waals surface area contributed by atoms with E-state index in [9.17, 15) is 18.0 Å². The minimum Gasteiger partial charge on any atom is -0.352 e. The molecule has 47 heavy (non-hydrogen) atoms. The van der Waals surface area contributed by atoms with Crippen molar-refractivity contribution in [1.82, 2.24) is 10.2 Å². The van der Waals surface area contributed by atoms with E-state index in [1.807, 2.05) is 51.1 Å². The molecule has 0 spiro atoms. The van der Waals surface area contributed by atoms with Crippen molar-refractivity contribution in [2.45, 2.75) is 57.1 Å². The molecule has 0 saturated heterocycles. The van der Waals surface area contributed by atoms with Gasteiger partial charge in [-0.3, -0.25) is 13.9 Å². The lowest BCUT2D eigenvalue weighted by molar-refractivity contribution is -0.140. The fourth-order valence-electron chi connectivity index (χ4n) is 4.88. The predicted octanol–water partition coefficient (Wildman–Crippen LogP) is 8.36. The number of benzene rings is 4. The second-order valence-corrected chi connectivity index (χ2v) is 14.8. The summed E-state index contributed by atoms with van der Waals surface area (Å²) >= 11 is 25.4. The van der Waals surface area contributed by atoms with Crippen LogP contribution in [-0.2, 0) is 32.6 Å². The standard InChI is InChI=1S/C35H35Cl4N3O4S/c1-4-24(3)40-35(44)33(16-25-8-6-5-7-9-25)41(21-26-12-13-27(36)20-32(26)39)34(43)22-42(30-18-28(37)17-29(38)19-30)47(45,46)31-14-10-23(2)11-15-31/h5-15,17-20,24,33H,4,16,21-22H2,1-3H3,(H,40,44)/t24-,33-/m0/s1. The van der Waals surface area contributed by atoms with E-state index in [0.29, 0.717) is 22.0 Å². The van der Waals surface area contributed by atoms with Crippen molar-refractivity contribution in [2.24, 2.45) is 0 Å². The van der Waals surface area contributed by atoms with Crippen molar-refractivity contribution >= 4 is 73.9 Å². The van der Waals surface area contributed by atoms with Gasteiger partial charge in [0.1, 0.15) is 12.6 Å². The van der Waals surface area contributed by atoms with Gasteiger partial charge in [0.15, 0.2) is 0 Å². The molecule has 0 fully saturated rings. The molecule has 2 atom stereocenters. The van der Waals surface area contributed by atoms with Gasteiger partial charge in [-0.2, -0.15) is 0 Å². The van der Waals surface area contributed by atoms with Gasteiger partial charge in [0.2, 0.25) is 11.8 Å². The predicted molar refractivity (Wildman–Crippen MR) is 191 cm³/mol. The van der Waals surface area contributed by atoms with Crippen molar-refractivity contribution in [3.05, 3.63) is 128 Å². The Morgan fingerprint density at radius 2 is 1.47 bits per heavy atom. The number of amides is 2. The molecule has 248 valence electrons. The number of carbonyl (C=O) groups excluding carboxylic acids is 2. The van der Waals surface area contributed by atoms with Crippen LogP contribution in [-0.4, -0.2) is 43.8 Å². The van der Waals surface area contributed by atoms with Crippen molar-refractivity contribution < 1.29 is 18.0 Å². The third kappa shape index (κ3) is 9.64. The van der Waals surface area contributed by atoms with Gasteiger partial charge >= 0.3 is 0 Å². The van der Waals surface area contributed by atoms with E-state index in [1.165, 1.54) is 35.2 Å². The zero-order valence-electron chi connectivity index (χ0n) is 26.1. The average molecular weight is 736 g/mol. The molecule has 0 aliphatic heterocycles. The zero-order valence-corrected chi connectivity index (χ0v) is 29.9. The summed E-state index contributed by atoms with van der Waals surface area (Å²) in [6.45, 7) is 4.89. The molecule has 4 aromatic carbocycles. The first-order valence-corrected chi connectivity index (χ1v) is 17.9. The Morgan fingerprint density at radius 1 is 0.830 bits per heavy atom. The molecule has 0 bridgehead atoms. The van der Waals surface area contributed by atoms with E-state index >= 15 is 0 Å². The molecule has 0 aromatic heterocycles. The summed E-state index contributed by atoms with van der Waals surface area (Å²) in [5, 5.41) is 4.07. The highest BCUT2D eigenvalue weighted by molar-refractivity contribution is 7.92. The highest BCUT2D eigenvalue weighted by atomic mass is 35.5. The van der Waals surface area contributed by atoms with Crippen LogP contribution in [0.2, 0.25) is 20.1 Å². The number of nitrogens with zero attached hydrogens (tertiary/aromatic N) is 2. The number of sulfonamides is 1. The summed E-state index contributed by atoms with van der Waals surface area (Å²) in [7, 11) is -4.32. The molecule has 0 saturated carbocycles. The highest BCUT2D eigenvalue weighted by Crippen LogP contribution is 2.31. The van der Waals surface area contributed by atoms with Gasteiger partial charge in [-0.1, -0.05) is 107 Å². The second-order valence-electron chi connectivity index (χ2n) is 11.2. The van der Waals surface area contributed by atoms with Crippen LogP contribution in [0.4, 0.5) is 5.69 Å². The maximum atomic E-state index is 14.6. The number of nitrogens with one attached hydrogen (secondary N) is 1. The monoisotopic (exact) mass is 733 g/mol. The molecule has 0 radical (unpaired) electrons. The smallest absolute Gasteiger partial charge is 0.264 e. The fraction of sp³-hybridized carbons (Fsp3) is 0.257. The Balaban J connectivity index is 1.85. The molecule has 0 heterocycles. The van der Waals surface area contributed by atoms with E-state index in [-0.39, 0.29) is 45.5 Å². The fourth-order valence-corrected chi connectivity index (χ4v) is 7.26. The van der Waals surface area contributed by atoms with Crippen LogP contribution in [0.1, 0.15) is 37.0 Å². The highest BCUT2D eigenvalue weighted by Gasteiger charge is 2.35. The van der Waals surface area contributed by atoms with Gasteiger partial charge in [0, 0.05) is 39.1 Å². The van der Waals surface area contributed by atoms with Crippen LogP contribution in [0.25, 0.3) is 0 Å². The number of anilines is 1. The van der Waals surface area contributed by atoms with Gasteiger partial charge in [-0.15, -0.1) is 0 Å². The average Bonchev–Trinajstić information content (AvgIpc) is 3.02. The van der Waals surface area contributed by atoms with Crippen LogP contribution < -0.4 is 9.62 Å². The van der Waals surface area contributed by atoms with Crippen molar-refractivity contribution in [3.8, 4) is 0 Å². The molecular weight excluding hydrogens is 700 g/mol. The van der Waals surface area contributed by atoms with Crippen molar-refractivity contribution in [2.75, 3.05) is 10.8 Å². The molecule has 0 aliphatic rings. The van der Waals surface area contributed by atoms with Gasteiger partial charge in [0.05, 0.1) is 10.6 Å². The Morgan fingerprint density at radius 3 is 2.06 bits per heavy atom. The van der Waals surface area contributed by atoms with Gasteiger partial charge in [-0.25, -0.2) is 8.42 Å². The number of carbonyl (C=O) groups is 2. The number of hydrogen-bond acceptors (Lipinski definition) is 4. The lowest BCUT2D eigenvalue weighted by Gasteiger charge is -2.34. The Labute approximate surface area is 296 Å². The lowest BCUT2D eigenvalue weighted by atomic mass is 10.0. The van der Waals surface area contributed by atoms with E-state index in [2.05, 4.69) is 5.32 Å². The first-order chi connectivity index (χ1) is 22.3. The molecule has 0 unspecified atom stereocenters. The third-order valence-electron chi connectivity index (χ3n) is 7.65. The quantitative estimate of drug-likeness (QED) is 0.150. The number of rotatable bonds is 13. The molecule has 1 N–H and O–H groups in total. The summed E-state index contributed by atoms with van der Waals surface area (Å²) < 4.78 is 29.4. The summed E-state index contributed by atoms with van der Waals surface area (Å²) in [6.07, 6.45) is 0.826. The molecule has 4 aromatic rings. The maximum Gasteiger partial charge on any atom is 0.264 e. The maximum absolute atomic E-state index is 14.6. The SMILES string of the molecule is CC[C@H](C)NC(=O)[C@H](Cc1ccccc1)N(Cc1ccc(Cl)cc1Cl)C(=O)CN(c1cc(Cl)cc(Cl)c1)S(=O)(=O)c1ccc(C)cc1. The summed E-state index contributed by atoms with van der Waals surface area (Å²) in [5.74, 6) is -1.04. The lowest BCUT2D eigenvalue weighted by Crippen LogP contribution is -2.54. The van der Waals surface area contributed by atoms with Gasteiger partial charge in [-0.05, 0) is 73.9 Å². The van der Waals surface area contributed by atoms with Crippen LogP contribution >= 0.6 is 46.4 Å². The van der Waals surface area contributed by atoms with E-state index in [4.69, 9.17) is 46.4 Å². The first-order valence-electron chi connectivity index (χ1n) is 14.9. The molecule has 4 rings (SSSR count).